The van der Waals surface area contributed by atoms with E-state index in [0.717, 1.165) is 11.3 Å². The maximum Gasteiger partial charge on any atom is 0.316 e. The van der Waals surface area contributed by atoms with Crippen LogP contribution in [0.4, 0.5) is 0 Å². The molecule has 0 aromatic carbocycles. The maximum absolute atomic E-state index is 11.3. The Kier molecular flexibility index (Phi) is 2.44. The van der Waals surface area contributed by atoms with Crippen molar-refractivity contribution < 1.29 is 14.6 Å². The molecular weight excluding hydrogens is 194 g/mol. The lowest BCUT2D eigenvalue weighted by Crippen LogP contribution is -2.36. The zero-order valence-electron chi connectivity index (χ0n) is 8.56. The van der Waals surface area contributed by atoms with Gasteiger partial charge in [-0.25, -0.2) is 0 Å². The summed E-state index contributed by atoms with van der Waals surface area (Å²) in [4.78, 5) is 15.4. The number of aromatic nitrogens is 1. The zero-order chi connectivity index (χ0) is 10.9. The molecule has 1 saturated heterocycles. The molecule has 0 bridgehead atoms. The SMILES string of the molecule is Cc1ccc(C2(C(=O)O)CCOC2)cn1. The summed E-state index contributed by atoms with van der Waals surface area (Å²) in [6.07, 6.45) is 2.16. The number of nitrogens with zero attached hydrogens (tertiary/aromatic N) is 1. The molecule has 15 heavy (non-hydrogen) atoms. The molecule has 2 rings (SSSR count). The van der Waals surface area contributed by atoms with Crippen LogP contribution in [-0.4, -0.2) is 29.3 Å². The molecule has 1 aliphatic rings. The van der Waals surface area contributed by atoms with E-state index in [1.165, 1.54) is 0 Å². The minimum atomic E-state index is -0.888. The highest BCUT2D eigenvalue weighted by molar-refractivity contribution is 5.81. The summed E-state index contributed by atoms with van der Waals surface area (Å²) in [6, 6.07) is 3.66. The molecule has 1 aliphatic heterocycles. The minimum absolute atomic E-state index is 0.243. The zero-order valence-corrected chi connectivity index (χ0v) is 8.56. The first-order valence-corrected chi connectivity index (χ1v) is 4.89. The van der Waals surface area contributed by atoms with Gasteiger partial charge < -0.3 is 9.84 Å². The quantitative estimate of drug-likeness (QED) is 0.789. The van der Waals surface area contributed by atoms with Gasteiger partial charge in [0, 0.05) is 18.5 Å². The molecule has 1 unspecified atom stereocenters. The van der Waals surface area contributed by atoms with Gasteiger partial charge >= 0.3 is 5.97 Å². The Morgan fingerprint density at radius 1 is 1.60 bits per heavy atom. The number of carbonyl (C=O) groups is 1. The van der Waals surface area contributed by atoms with Crippen molar-refractivity contribution in [3.63, 3.8) is 0 Å². The number of ether oxygens (including phenoxy) is 1. The van der Waals surface area contributed by atoms with Gasteiger partial charge in [-0.15, -0.1) is 0 Å². The fraction of sp³-hybridized carbons (Fsp3) is 0.455. The highest BCUT2D eigenvalue weighted by atomic mass is 16.5. The van der Waals surface area contributed by atoms with Crippen LogP contribution in [0.3, 0.4) is 0 Å². The number of aliphatic carboxylic acids is 1. The van der Waals surface area contributed by atoms with Crippen LogP contribution in [0.5, 0.6) is 0 Å². The molecule has 1 aromatic heterocycles. The molecule has 4 heteroatoms. The van der Waals surface area contributed by atoms with Gasteiger partial charge in [0.25, 0.3) is 0 Å². The van der Waals surface area contributed by atoms with E-state index in [1.807, 2.05) is 19.1 Å². The molecule has 1 aromatic rings. The van der Waals surface area contributed by atoms with Crippen LogP contribution < -0.4 is 0 Å². The number of hydrogen-bond acceptors (Lipinski definition) is 3. The predicted octanol–water partition coefficient (Wildman–Crippen LogP) is 1.13. The summed E-state index contributed by atoms with van der Waals surface area (Å²) in [5.74, 6) is -0.828. The van der Waals surface area contributed by atoms with E-state index >= 15 is 0 Å². The molecule has 0 amide bonds. The van der Waals surface area contributed by atoms with E-state index < -0.39 is 11.4 Å². The average molecular weight is 207 g/mol. The molecule has 1 fully saturated rings. The van der Waals surface area contributed by atoms with Crippen LogP contribution in [0.2, 0.25) is 0 Å². The lowest BCUT2D eigenvalue weighted by molar-refractivity contribution is -0.143. The Labute approximate surface area is 87.9 Å². The molecule has 80 valence electrons. The van der Waals surface area contributed by atoms with Gasteiger partial charge in [0.05, 0.1) is 6.61 Å². The van der Waals surface area contributed by atoms with Crippen molar-refractivity contribution in [3.8, 4) is 0 Å². The number of carboxylic acid groups (broad SMARTS) is 1. The van der Waals surface area contributed by atoms with Gasteiger partial charge in [0.2, 0.25) is 0 Å². The van der Waals surface area contributed by atoms with Gasteiger partial charge in [-0.2, -0.15) is 0 Å². The lowest BCUT2D eigenvalue weighted by atomic mass is 9.81. The third-order valence-electron chi connectivity index (χ3n) is 2.89. The highest BCUT2D eigenvalue weighted by Crippen LogP contribution is 2.33. The Bertz CT molecular complexity index is 366. The molecule has 0 radical (unpaired) electrons. The highest BCUT2D eigenvalue weighted by Gasteiger charge is 2.44. The van der Waals surface area contributed by atoms with E-state index in [9.17, 15) is 9.90 Å². The van der Waals surface area contributed by atoms with Crippen LogP contribution in [0.15, 0.2) is 18.3 Å². The molecule has 0 saturated carbocycles. The van der Waals surface area contributed by atoms with Crippen molar-refractivity contribution in [3.05, 3.63) is 29.6 Å². The second-order valence-corrected chi connectivity index (χ2v) is 3.88. The van der Waals surface area contributed by atoms with Crippen LogP contribution in [-0.2, 0) is 14.9 Å². The molecule has 0 aliphatic carbocycles. The van der Waals surface area contributed by atoms with Gasteiger partial charge in [0.15, 0.2) is 0 Å². The van der Waals surface area contributed by atoms with Crippen molar-refractivity contribution in [2.24, 2.45) is 0 Å². The van der Waals surface area contributed by atoms with Crippen LogP contribution in [0.1, 0.15) is 17.7 Å². The van der Waals surface area contributed by atoms with Crippen molar-refractivity contribution in [1.82, 2.24) is 4.98 Å². The Hall–Kier alpha value is -1.42. The monoisotopic (exact) mass is 207 g/mol. The molecule has 1 N–H and O–H groups in total. The fourth-order valence-electron chi connectivity index (χ4n) is 1.84. The number of rotatable bonds is 2. The van der Waals surface area contributed by atoms with Crippen LogP contribution in [0, 0.1) is 6.92 Å². The topological polar surface area (TPSA) is 59.4 Å². The summed E-state index contributed by atoms with van der Waals surface area (Å²) in [5.41, 5.74) is 0.733. The van der Waals surface area contributed by atoms with E-state index in [-0.39, 0.29) is 6.61 Å². The fourth-order valence-corrected chi connectivity index (χ4v) is 1.84. The molecule has 1 atom stereocenters. The van der Waals surface area contributed by atoms with Crippen LogP contribution in [0.25, 0.3) is 0 Å². The second-order valence-electron chi connectivity index (χ2n) is 3.88. The summed E-state index contributed by atoms with van der Waals surface area (Å²) in [6.45, 7) is 2.62. The van der Waals surface area contributed by atoms with Gasteiger partial charge in [-0.05, 0) is 25.0 Å². The predicted molar refractivity (Wildman–Crippen MR) is 53.7 cm³/mol. The van der Waals surface area contributed by atoms with E-state index in [1.54, 1.807) is 6.20 Å². The first-order chi connectivity index (χ1) is 7.15. The second kappa shape index (κ2) is 3.62. The van der Waals surface area contributed by atoms with E-state index in [4.69, 9.17) is 4.74 Å². The Balaban J connectivity index is 2.41. The summed E-state index contributed by atoms with van der Waals surface area (Å²) in [5, 5.41) is 9.28. The van der Waals surface area contributed by atoms with Gasteiger partial charge in [0.1, 0.15) is 5.41 Å². The third-order valence-corrected chi connectivity index (χ3v) is 2.89. The largest absolute Gasteiger partial charge is 0.481 e. The van der Waals surface area contributed by atoms with Crippen molar-refractivity contribution >= 4 is 5.97 Å². The first kappa shape index (κ1) is 10.1. The van der Waals surface area contributed by atoms with Crippen molar-refractivity contribution in [2.75, 3.05) is 13.2 Å². The first-order valence-electron chi connectivity index (χ1n) is 4.89. The molecule has 0 spiro atoms. The van der Waals surface area contributed by atoms with Crippen molar-refractivity contribution in [1.29, 1.82) is 0 Å². The number of pyridine rings is 1. The minimum Gasteiger partial charge on any atom is -0.481 e. The summed E-state index contributed by atoms with van der Waals surface area (Å²) >= 11 is 0. The summed E-state index contributed by atoms with van der Waals surface area (Å²) in [7, 11) is 0. The molecule has 2 heterocycles. The Morgan fingerprint density at radius 3 is 2.87 bits per heavy atom. The standard InChI is InChI=1S/C11H13NO3/c1-8-2-3-9(6-12-8)11(10(13)14)4-5-15-7-11/h2-3,6H,4-5,7H2,1H3,(H,13,14). The van der Waals surface area contributed by atoms with Gasteiger partial charge in [-0.1, -0.05) is 6.07 Å². The normalized spacial score (nSPS) is 25.4. The maximum atomic E-state index is 11.3. The molecule has 4 nitrogen and oxygen atoms in total. The van der Waals surface area contributed by atoms with Crippen LogP contribution >= 0.6 is 0 Å². The number of carboxylic acids is 1. The Morgan fingerprint density at radius 2 is 2.40 bits per heavy atom. The third kappa shape index (κ3) is 1.61. The van der Waals surface area contributed by atoms with E-state index in [2.05, 4.69) is 4.98 Å². The van der Waals surface area contributed by atoms with Gasteiger partial charge in [-0.3, -0.25) is 9.78 Å². The average Bonchev–Trinajstić information content (AvgIpc) is 2.69. The van der Waals surface area contributed by atoms with Crippen molar-refractivity contribution in [2.45, 2.75) is 18.8 Å². The lowest BCUT2D eigenvalue weighted by Gasteiger charge is -2.22. The van der Waals surface area contributed by atoms with E-state index in [0.29, 0.717) is 13.0 Å². The molecular formula is C11H13NO3. The number of hydrogen-bond donors (Lipinski definition) is 1. The number of aryl methyl sites for hydroxylation is 1. The smallest absolute Gasteiger partial charge is 0.316 e. The summed E-state index contributed by atoms with van der Waals surface area (Å²) < 4.78 is 5.20.